The highest BCUT2D eigenvalue weighted by atomic mass is 16.7. The average Bonchev–Trinajstić information content (AvgIpc) is 3.15. The first-order valence-corrected chi connectivity index (χ1v) is 8.31. The lowest BCUT2D eigenvalue weighted by Gasteiger charge is -2.26. The lowest BCUT2D eigenvalue weighted by molar-refractivity contribution is -0.144. The van der Waals surface area contributed by atoms with E-state index in [0.717, 1.165) is 31.4 Å². The van der Waals surface area contributed by atoms with Gasteiger partial charge in [0.1, 0.15) is 13.2 Å². The number of ether oxygens (including phenoxy) is 3. The first-order valence-electron chi connectivity index (χ1n) is 8.31. The Bertz CT molecular complexity index is 669. The highest BCUT2D eigenvalue weighted by Gasteiger charge is 2.44. The predicted molar refractivity (Wildman–Crippen MR) is 84.9 cm³/mol. The molecule has 0 radical (unpaired) electrons. The summed E-state index contributed by atoms with van der Waals surface area (Å²) in [5, 5.41) is 2.81. The quantitative estimate of drug-likeness (QED) is 0.908. The highest BCUT2D eigenvalue weighted by molar-refractivity contribution is 5.95. The number of hydrogen-bond donors (Lipinski definition) is 1. The molecule has 1 aliphatic carbocycles. The van der Waals surface area contributed by atoms with Crippen LogP contribution < -0.4 is 14.8 Å². The number of morpholine rings is 1. The number of benzene rings is 1. The molecule has 1 spiro atoms. The van der Waals surface area contributed by atoms with Crippen molar-refractivity contribution in [3.05, 3.63) is 18.2 Å². The van der Waals surface area contributed by atoms with Gasteiger partial charge in [0.25, 0.3) is 5.79 Å². The third kappa shape index (κ3) is 2.91. The van der Waals surface area contributed by atoms with Crippen LogP contribution in [-0.2, 0) is 14.3 Å². The molecular weight excluding hydrogens is 312 g/mol. The summed E-state index contributed by atoms with van der Waals surface area (Å²) >= 11 is 0. The van der Waals surface area contributed by atoms with Crippen molar-refractivity contribution < 1.29 is 23.8 Å². The number of carbonyl (C=O) groups is 2. The largest absolute Gasteiger partial charge is 0.448 e. The molecule has 2 amide bonds. The van der Waals surface area contributed by atoms with Crippen molar-refractivity contribution >= 4 is 17.5 Å². The molecule has 2 fully saturated rings. The molecule has 1 saturated heterocycles. The fourth-order valence-corrected chi connectivity index (χ4v) is 3.38. The van der Waals surface area contributed by atoms with Gasteiger partial charge in [0.15, 0.2) is 11.5 Å². The van der Waals surface area contributed by atoms with Gasteiger partial charge in [-0.1, -0.05) is 0 Å². The molecule has 7 heteroatoms. The normalized spacial score (nSPS) is 21.3. The van der Waals surface area contributed by atoms with Crippen molar-refractivity contribution in [2.45, 2.75) is 31.5 Å². The van der Waals surface area contributed by atoms with Crippen LogP contribution in [0.15, 0.2) is 18.2 Å². The van der Waals surface area contributed by atoms with Crippen LogP contribution in [0, 0.1) is 0 Å². The number of carbonyl (C=O) groups excluding carboxylic acids is 2. The minimum Gasteiger partial charge on any atom is -0.448 e. The van der Waals surface area contributed by atoms with Gasteiger partial charge in [0, 0.05) is 31.1 Å². The van der Waals surface area contributed by atoms with Gasteiger partial charge in [-0.2, -0.15) is 0 Å². The fraction of sp³-hybridized carbons (Fsp3) is 0.529. The number of anilines is 1. The molecule has 128 valence electrons. The molecule has 3 aliphatic rings. The van der Waals surface area contributed by atoms with Crippen LogP contribution in [0.25, 0.3) is 0 Å². The van der Waals surface area contributed by atoms with E-state index in [9.17, 15) is 9.59 Å². The van der Waals surface area contributed by atoms with Crippen LogP contribution in [-0.4, -0.2) is 48.8 Å². The Balaban J connectivity index is 1.39. The summed E-state index contributed by atoms with van der Waals surface area (Å²) in [5.41, 5.74) is 0.637. The molecule has 0 bridgehead atoms. The molecule has 1 aromatic rings. The molecule has 1 aromatic carbocycles. The molecule has 1 N–H and O–H groups in total. The van der Waals surface area contributed by atoms with Gasteiger partial charge >= 0.3 is 0 Å². The maximum Gasteiger partial charge on any atom is 0.251 e. The van der Waals surface area contributed by atoms with Crippen LogP contribution in [0.5, 0.6) is 11.5 Å². The lowest BCUT2D eigenvalue weighted by Crippen LogP contribution is -2.45. The van der Waals surface area contributed by atoms with E-state index in [1.54, 1.807) is 12.1 Å². The summed E-state index contributed by atoms with van der Waals surface area (Å²) in [7, 11) is 0. The van der Waals surface area contributed by atoms with E-state index in [4.69, 9.17) is 14.2 Å². The maximum atomic E-state index is 12.2. The van der Waals surface area contributed by atoms with Gasteiger partial charge in [-0.05, 0) is 25.0 Å². The maximum absolute atomic E-state index is 12.2. The number of nitrogens with one attached hydrogen (secondary N) is 1. The van der Waals surface area contributed by atoms with Crippen molar-refractivity contribution in [1.29, 1.82) is 0 Å². The Morgan fingerprint density at radius 1 is 1.21 bits per heavy atom. The summed E-state index contributed by atoms with van der Waals surface area (Å²) in [6, 6.07) is 5.38. The summed E-state index contributed by atoms with van der Waals surface area (Å²) in [5.74, 6) is 0.478. The predicted octanol–water partition coefficient (Wildman–Crippen LogP) is 1.53. The van der Waals surface area contributed by atoms with Gasteiger partial charge in [-0.3, -0.25) is 9.59 Å². The van der Waals surface area contributed by atoms with Gasteiger partial charge in [0.05, 0.1) is 6.61 Å². The standard InChI is InChI=1S/C17H20N2O5/c20-15(10-19-7-8-22-11-16(19)21)18-12-3-4-13-14(9-12)24-17(23-13)5-1-2-6-17/h3-4,9H,1-2,5-8,10-11H2,(H,18,20). The van der Waals surface area contributed by atoms with Crippen molar-refractivity contribution in [2.24, 2.45) is 0 Å². The van der Waals surface area contributed by atoms with Crippen LogP contribution in [0.2, 0.25) is 0 Å². The number of fused-ring (bicyclic) bond motifs is 1. The van der Waals surface area contributed by atoms with Gasteiger partial charge in [-0.25, -0.2) is 0 Å². The van der Waals surface area contributed by atoms with Gasteiger partial charge < -0.3 is 24.4 Å². The molecule has 4 rings (SSSR count). The topological polar surface area (TPSA) is 77.1 Å². The first kappa shape index (κ1) is 15.3. The number of nitrogens with zero attached hydrogens (tertiary/aromatic N) is 1. The van der Waals surface area contributed by atoms with Crippen molar-refractivity contribution in [2.75, 3.05) is 31.6 Å². The fourth-order valence-electron chi connectivity index (χ4n) is 3.38. The smallest absolute Gasteiger partial charge is 0.251 e. The zero-order valence-corrected chi connectivity index (χ0v) is 13.4. The Morgan fingerprint density at radius 2 is 2.00 bits per heavy atom. The Morgan fingerprint density at radius 3 is 2.79 bits per heavy atom. The molecule has 0 aromatic heterocycles. The molecule has 0 unspecified atom stereocenters. The lowest BCUT2D eigenvalue weighted by atomic mass is 10.2. The number of rotatable bonds is 3. The third-order valence-electron chi connectivity index (χ3n) is 4.60. The van der Waals surface area contributed by atoms with E-state index in [2.05, 4.69) is 5.32 Å². The molecule has 1 saturated carbocycles. The van der Waals surface area contributed by atoms with Crippen molar-refractivity contribution in [1.82, 2.24) is 4.90 Å². The van der Waals surface area contributed by atoms with E-state index in [-0.39, 0.29) is 25.0 Å². The highest BCUT2D eigenvalue weighted by Crippen LogP contribution is 2.47. The third-order valence-corrected chi connectivity index (χ3v) is 4.60. The van der Waals surface area contributed by atoms with E-state index >= 15 is 0 Å². The molecule has 2 heterocycles. The summed E-state index contributed by atoms with van der Waals surface area (Å²) in [6.07, 6.45) is 3.99. The van der Waals surface area contributed by atoms with Crippen LogP contribution in [0.3, 0.4) is 0 Å². The second-order valence-electron chi connectivity index (χ2n) is 6.40. The second kappa shape index (κ2) is 5.98. The van der Waals surface area contributed by atoms with Gasteiger partial charge in [0.2, 0.25) is 11.8 Å². The Hall–Kier alpha value is -2.28. The minimum absolute atomic E-state index is 0.0283. The Kier molecular flexibility index (Phi) is 3.80. The number of hydrogen-bond acceptors (Lipinski definition) is 5. The zero-order chi connectivity index (χ0) is 16.6. The van der Waals surface area contributed by atoms with E-state index in [1.807, 2.05) is 6.07 Å². The summed E-state index contributed by atoms with van der Waals surface area (Å²) in [6.45, 7) is 0.973. The number of amides is 2. The molecule has 2 aliphatic heterocycles. The van der Waals surface area contributed by atoms with E-state index in [0.29, 0.717) is 24.6 Å². The minimum atomic E-state index is -0.509. The van der Waals surface area contributed by atoms with Crippen molar-refractivity contribution in [3.63, 3.8) is 0 Å². The molecule has 7 nitrogen and oxygen atoms in total. The van der Waals surface area contributed by atoms with Crippen LogP contribution in [0.1, 0.15) is 25.7 Å². The first-order chi connectivity index (χ1) is 11.6. The molecular formula is C17H20N2O5. The average molecular weight is 332 g/mol. The van der Waals surface area contributed by atoms with Crippen LogP contribution >= 0.6 is 0 Å². The van der Waals surface area contributed by atoms with Gasteiger partial charge in [-0.15, -0.1) is 0 Å². The monoisotopic (exact) mass is 332 g/mol. The van der Waals surface area contributed by atoms with E-state index in [1.165, 1.54) is 4.90 Å². The SMILES string of the molecule is O=C(CN1CCOCC1=O)Nc1ccc2c(c1)OC1(CCCC1)O2. The van der Waals surface area contributed by atoms with Crippen molar-refractivity contribution in [3.8, 4) is 11.5 Å². The Labute approximate surface area is 139 Å². The summed E-state index contributed by atoms with van der Waals surface area (Å²) < 4.78 is 17.0. The molecule has 24 heavy (non-hydrogen) atoms. The van der Waals surface area contributed by atoms with E-state index < -0.39 is 5.79 Å². The molecule has 0 atom stereocenters. The zero-order valence-electron chi connectivity index (χ0n) is 13.4. The second-order valence-corrected chi connectivity index (χ2v) is 6.40. The van der Waals surface area contributed by atoms with Crippen LogP contribution in [0.4, 0.5) is 5.69 Å². The summed E-state index contributed by atoms with van der Waals surface area (Å²) in [4.78, 5) is 25.3.